The van der Waals surface area contributed by atoms with E-state index >= 15 is 0 Å². The molecule has 0 aliphatic carbocycles. The molecule has 1 heterocycles. The third-order valence-electron chi connectivity index (χ3n) is 3.30. The summed E-state index contributed by atoms with van der Waals surface area (Å²) in [5.41, 5.74) is 6.45. The van der Waals surface area contributed by atoms with Crippen LogP contribution in [-0.4, -0.2) is 50.1 Å². The van der Waals surface area contributed by atoms with Gasteiger partial charge in [-0.25, -0.2) is 0 Å². The molecule has 0 aromatic heterocycles. The van der Waals surface area contributed by atoms with Gasteiger partial charge in [0.25, 0.3) is 0 Å². The SMILES string of the molecule is NCCNCCN1CCNC(c2ccccc2)C1=O. The van der Waals surface area contributed by atoms with Crippen molar-refractivity contribution >= 4 is 5.91 Å². The lowest BCUT2D eigenvalue weighted by Gasteiger charge is -2.33. The first-order chi connectivity index (χ1) is 9.33. The summed E-state index contributed by atoms with van der Waals surface area (Å²) in [6, 6.07) is 9.67. The molecule has 1 aliphatic rings. The van der Waals surface area contributed by atoms with Gasteiger partial charge in [-0.15, -0.1) is 0 Å². The Morgan fingerprint density at radius 3 is 2.84 bits per heavy atom. The second kappa shape index (κ2) is 7.23. The number of nitrogens with two attached hydrogens (primary N) is 1. The second-order valence-electron chi connectivity index (χ2n) is 4.66. The average molecular weight is 262 g/mol. The van der Waals surface area contributed by atoms with Crippen LogP contribution in [-0.2, 0) is 4.79 Å². The molecule has 0 spiro atoms. The zero-order chi connectivity index (χ0) is 13.5. The molecule has 5 heteroatoms. The fraction of sp³-hybridized carbons (Fsp3) is 0.500. The third kappa shape index (κ3) is 3.76. The molecule has 0 bridgehead atoms. The number of rotatable bonds is 6. The van der Waals surface area contributed by atoms with Crippen LogP contribution in [0.4, 0.5) is 0 Å². The Hall–Kier alpha value is -1.43. The predicted molar refractivity (Wildman–Crippen MR) is 75.7 cm³/mol. The summed E-state index contributed by atoms with van der Waals surface area (Å²) in [5, 5.41) is 6.50. The Labute approximate surface area is 114 Å². The van der Waals surface area contributed by atoms with Crippen molar-refractivity contribution < 1.29 is 4.79 Å². The maximum absolute atomic E-state index is 12.4. The Morgan fingerprint density at radius 2 is 2.11 bits per heavy atom. The summed E-state index contributed by atoms with van der Waals surface area (Å²) in [4.78, 5) is 14.3. The molecule has 1 saturated heterocycles. The number of amides is 1. The summed E-state index contributed by atoms with van der Waals surface area (Å²) in [7, 11) is 0. The van der Waals surface area contributed by atoms with Crippen molar-refractivity contribution in [2.24, 2.45) is 5.73 Å². The van der Waals surface area contributed by atoms with E-state index in [1.165, 1.54) is 0 Å². The van der Waals surface area contributed by atoms with Crippen molar-refractivity contribution in [3.05, 3.63) is 35.9 Å². The molecule has 19 heavy (non-hydrogen) atoms. The quantitative estimate of drug-likeness (QED) is 0.616. The number of nitrogens with zero attached hydrogens (tertiary/aromatic N) is 1. The number of carbonyl (C=O) groups is 1. The molecule has 0 radical (unpaired) electrons. The topological polar surface area (TPSA) is 70.4 Å². The van der Waals surface area contributed by atoms with Gasteiger partial charge in [-0.2, -0.15) is 0 Å². The van der Waals surface area contributed by atoms with Crippen molar-refractivity contribution in [3.63, 3.8) is 0 Å². The molecule has 1 unspecified atom stereocenters. The van der Waals surface area contributed by atoms with Crippen LogP contribution in [0, 0.1) is 0 Å². The standard InChI is InChI=1S/C14H22N4O/c15-6-7-16-8-10-18-11-9-17-13(14(18)19)12-4-2-1-3-5-12/h1-5,13,16-17H,6-11,15H2. The van der Waals surface area contributed by atoms with Gasteiger partial charge in [0.05, 0.1) is 0 Å². The van der Waals surface area contributed by atoms with Crippen LogP contribution in [0.1, 0.15) is 11.6 Å². The summed E-state index contributed by atoms with van der Waals surface area (Å²) in [6.07, 6.45) is 0. The van der Waals surface area contributed by atoms with Crippen LogP contribution in [0.5, 0.6) is 0 Å². The van der Waals surface area contributed by atoms with Gasteiger partial charge in [-0.05, 0) is 5.56 Å². The van der Waals surface area contributed by atoms with E-state index in [1.54, 1.807) is 0 Å². The molecule has 5 nitrogen and oxygen atoms in total. The lowest BCUT2D eigenvalue weighted by atomic mass is 10.0. The highest BCUT2D eigenvalue weighted by molar-refractivity contribution is 5.84. The van der Waals surface area contributed by atoms with Crippen LogP contribution in [0.3, 0.4) is 0 Å². The minimum absolute atomic E-state index is 0.159. The monoisotopic (exact) mass is 262 g/mol. The van der Waals surface area contributed by atoms with E-state index in [0.29, 0.717) is 6.54 Å². The molecular weight excluding hydrogens is 240 g/mol. The van der Waals surface area contributed by atoms with E-state index in [0.717, 1.165) is 38.3 Å². The van der Waals surface area contributed by atoms with E-state index < -0.39 is 0 Å². The van der Waals surface area contributed by atoms with E-state index in [2.05, 4.69) is 10.6 Å². The van der Waals surface area contributed by atoms with Crippen LogP contribution in [0.15, 0.2) is 30.3 Å². The van der Waals surface area contributed by atoms with Crippen LogP contribution >= 0.6 is 0 Å². The number of carbonyl (C=O) groups excluding carboxylic acids is 1. The maximum atomic E-state index is 12.4. The Bertz CT molecular complexity index is 396. The lowest BCUT2D eigenvalue weighted by Crippen LogP contribution is -2.51. The van der Waals surface area contributed by atoms with Crippen LogP contribution in [0.25, 0.3) is 0 Å². The summed E-state index contributed by atoms with van der Waals surface area (Å²) in [6.45, 7) is 4.56. The minimum atomic E-state index is -0.204. The zero-order valence-electron chi connectivity index (χ0n) is 11.1. The van der Waals surface area contributed by atoms with E-state index in [-0.39, 0.29) is 11.9 Å². The molecule has 2 rings (SSSR count). The summed E-state index contributed by atoms with van der Waals surface area (Å²) in [5.74, 6) is 0.159. The highest BCUT2D eigenvalue weighted by Crippen LogP contribution is 2.17. The zero-order valence-corrected chi connectivity index (χ0v) is 11.1. The number of benzene rings is 1. The molecule has 1 fully saturated rings. The lowest BCUT2D eigenvalue weighted by molar-refractivity contribution is -0.135. The number of hydrogen-bond donors (Lipinski definition) is 3. The predicted octanol–water partition coefficient (Wildman–Crippen LogP) is -0.292. The minimum Gasteiger partial charge on any atom is -0.338 e. The molecule has 0 saturated carbocycles. The van der Waals surface area contributed by atoms with Crippen molar-refractivity contribution in [3.8, 4) is 0 Å². The van der Waals surface area contributed by atoms with Crippen molar-refractivity contribution in [1.82, 2.24) is 15.5 Å². The van der Waals surface area contributed by atoms with Crippen LogP contribution in [0.2, 0.25) is 0 Å². The Kier molecular flexibility index (Phi) is 5.32. The highest BCUT2D eigenvalue weighted by Gasteiger charge is 2.28. The van der Waals surface area contributed by atoms with Gasteiger partial charge in [0.15, 0.2) is 0 Å². The first-order valence-electron chi connectivity index (χ1n) is 6.81. The maximum Gasteiger partial charge on any atom is 0.244 e. The van der Waals surface area contributed by atoms with Crippen LogP contribution < -0.4 is 16.4 Å². The molecule has 1 amide bonds. The molecule has 1 atom stereocenters. The second-order valence-corrected chi connectivity index (χ2v) is 4.66. The van der Waals surface area contributed by atoms with Gasteiger partial charge >= 0.3 is 0 Å². The number of piperazine rings is 1. The van der Waals surface area contributed by atoms with Gasteiger partial charge < -0.3 is 21.3 Å². The van der Waals surface area contributed by atoms with E-state index in [9.17, 15) is 4.79 Å². The average Bonchev–Trinajstić information content (AvgIpc) is 2.46. The summed E-state index contributed by atoms with van der Waals surface area (Å²) < 4.78 is 0. The van der Waals surface area contributed by atoms with Gasteiger partial charge in [-0.1, -0.05) is 30.3 Å². The number of hydrogen-bond acceptors (Lipinski definition) is 4. The van der Waals surface area contributed by atoms with E-state index in [4.69, 9.17) is 5.73 Å². The molecule has 1 aliphatic heterocycles. The van der Waals surface area contributed by atoms with Gasteiger partial charge in [-0.3, -0.25) is 4.79 Å². The molecule has 1 aromatic rings. The number of nitrogens with one attached hydrogen (secondary N) is 2. The normalized spacial score (nSPS) is 19.7. The smallest absolute Gasteiger partial charge is 0.244 e. The molecule has 104 valence electrons. The first-order valence-corrected chi connectivity index (χ1v) is 6.81. The van der Waals surface area contributed by atoms with Gasteiger partial charge in [0.1, 0.15) is 6.04 Å². The van der Waals surface area contributed by atoms with Crippen molar-refractivity contribution in [2.45, 2.75) is 6.04 Å². The third-order valence-corrected chi connectivity index (χ3v) is 3.30. The molecule has 4 N–H and O–H groups in total. The first kappa shape index (κ1) is 14.0. The summed E-state index contributed by atoms with van der Waals surface area (Å²) >= 11 is 0. The Morgan fingerprint density at radius 1 is 1.32 bits per heavy atom. The van der Waals surface area contributed by atoms with Crippen molar-refractivity contribution in [1.29, 1.82) is 0 Å². The largest absolute Gasteiger partial charge is 0.338 e. The fourth-order valence-corrected chi connectivity index (χ4v) is 2.29. The Balaban J connectivity index is 1.91. The molecule has 1 aromatic carbocycles. The fourth-order valence-electron chi connectivity index (χ4n) is 2.29. The molecular formula is C14H22N4O. The van der Waals surface area contributed by atoms with Gasteiger partial charge in [0, 0.05) is 39.3 Å². The van der Waals surface area contributed by atoms with Gasteiger partial charge in [0.2, 0.25) is 5.91 Å². The highest BCUT2D eigenvalue weighted by atomic mass is 16.2. The van der Waals surface area contributed by atoms with E-state index in [1.807, 2.05) is 35.2 Å². The van der Waals surface area contributed by atoms with Crippen molar-refractivity contribution in [2.75, 3.05) is 39.3 Å².